The van der Waals surface area contributed by atoms with Gasteiger partial charge >= 0.3 is 12.1 Å². The minimum absolute atomic E-state index is 0.0820. The van der Waals surface area contributed by atoms with Crippen LogP contribution < -0.4 is 10.6 Å². The molecule has 9 nitrogen and oxygen atoms in total. The third-order valence-corrected chi connectivity index (χ3v) is 6.04. The monoisotopic (exact) mass is 561 g/mol. The summed E-state index contributed by atoms with van der Waals surface area (Å²) in [7, 11) is 1.57. The van der Waals surface area contributed by atoms with Crippen LogP contribution in [0.3, 0.4) is 0 Å². The fourth-order valence-corrected chi connectivity index (χ4v) is 4.20. The summed E-state index contributed by atoms with van der Waals surface area (Å²) in [5.41, 5.74) is 0.134. The summed E-state index contributed by atoms with van der Waals surface area (Å²) in [6, 6.07) is 6.78. The fourth-order valence-electron chi connectivity index (χ4n) is 4.20. The van der Waals surface area contributed by atoms with Gasteiger partial charge in [0.25, 0.3) is 0 Å². The van der Waals surface area contributed by atoms with Gasteiger partial charge in [-0.05, 0) is 63.4 Å². The van der Waals surface area contributed by atoms with E-state index in [1.54, 1.807) is 27.8 Å². The molecule has 2 N–H and O–H groups in total. The summed E-state index contributed by atoms with van der Waals surface area (Å²) >= 11 is 0. The number of carbonyl (C=O) groups excluding carboxylic acids is 4. The molecule has 40 heavy (non-hydrogen) atoms. The van der Waals surface area contributed by atoms with Crippen LogP contribution in [0.15, 0.2) is 30.3 Å². The Labute approximate surface area is 240 Å². The van der Waals surface area contributed by atoms with Crippen LogP contribution in [0, 0.1) is 17.8 Å². The molecule has 1 aromatic carbocycles. The van der Waals surface area contributed by atoms with Crippen molar-refractivity contribution in [1.29, 1.82) is 0 Å². The maximum Gasteiger partial charge on any atom is 0.408 e. The molecule has 0 aliphatic heterocycles. The summed E-state index contributed by atoms with van der Waals surface area (Å²) in [6.07, 6.45) is 0.443. The van der Waals surface area contributed by atoms with E-state index >= 15 is 0 Å². The molecule has 3 amide bonds. The number of hydrogen-bond donors (Lipinski definition) is 2. The van der Waals surface area contributed by atoms with Gasteiger partial charge < -0.3 is 25.0 Å². The summed E-state index contributed by atoms with van der Waals surface area (Å²) in [4.78, 5) is 54.2. The zero-order valence-electron chi connectivity index (χ0n) is 26.1. The van der Waals surface area contributed by atoms with Crippen molar-refractivity contribution in [3.05, 3.63) is 35.9 Å². The Balaban J connectivity index is 3.11. The Bertz CT molecular complexity index is 956. The first-order chi connectivity index (χ1) is 18.5. The van der Waals surface area contributed by atoms with Gasteiger partial charge in [-0.1, -0.05) is 71.9 Å². The third-order valence-electron chi connectivity index (χ3n) is 6.04. The third kappa shape index (κ3) is 13.3. The molecule has 0 aliphatic carbocycles. The second kappa shape index (κ2) is 16.2. The van der Waals surface area contributed by atoms with Crippen molar-refractivity contribution in [2.24, 2.45) is 17.8 Å². The van der Waals surface area contributed by atoms with Crippen LogP contribution in [-0.2, 0) is 30.5 Å². The standard InChI is InChI=1S/C31H51N3O6/c1-20(2)16-24(33-30(38)40-31(7,8)9)27(35)32-25(17-21(3)4)28(36)34(10)26(18-22(5)6)29(37)39-19-23-14-12-11-13-15-23/h11-15,20-22,24-26H,16-19H2,1-10H3,(H,32,35)(H,33,38)/t24-,25-,26-/m0/s1. The van der Waals surface area contributed by atoms with E-state index in [-0.39, 0.29) is 30.3 Å². The number of nitrogens with one attached hydrogen (secondary N) is 2. The van der Waals surface area contributed by atoms with Crippen molar-refractivity contribution in [2.45, 2.75) is 112 Å². The van der Waals surface area contributed by atoms with Crippen molar-refractivity contribution in [3.63, 3.8) is 0 Å². The molecule has 1 rings (SSSR count). The number of likely N-dealkylation sites (N-methyl/N-ethyl adjacent to an activating group) is 1. The van der Waals surface area contributed by atoms with E-state index in [1.165, 1.54) is 4.90 Å². The first-order valence-electron chi connectivity index (χ1n) is 14.3. The highest BCUT2D eigenvalue weighted by Gasteiger charge is 2.35. The topological polar surface area (TPSA) is 114 Å². The van der Waals surface area contributed by atoms with E-state index < -0.39 is 41.7 Å². The van der Waals surface area contributed by atoms with Crippen LogP contribution in [0.4, 0.5) is 4.79 Å². The van der Waals surface area contributed by atoms with Crippen LogP contribution in [0.25, 0.3) is 0 Å². The van der Waals surface area contributed by atoms with Gasteiger partial charge in [0, 0.05) is 7.05 Å². The Morgan fingerprint density at radius 2 is 1.32 bits per heavy atom. The quantitative estimate of drug-likeness (QED) is 0.307. The Morgan fingerprint density at radius 3 is 1.82 bits per heavy atom. The largest absolute Gasteiger partial charge is 0.459 e. The summed E-state index contributed by atoms with van der Waals surface area (Å²) in [5, 5.41) is 5.51. The molecule has 0 aliphatic rings. The highest BCUT2D eigenvalue weighted by molar-refractivity contribution is 5.93. The van der Waals surface area contributed by atoms with Crippen molar-refractivity contribution in [2.75, 3.05) is 7.05 Å². The number of nitrogens with zero attached hydrogens (tertiary/aromatic N) is 1. The molecule has 0 bridgehead atoms. The van der Waals surface area contributed by atoms with Crippen LogP contribution in [0.1, 0.15) is 87.1 Å². The van der Waals surface area contributed by atoms with Gasteiger partial charge in [-0.3, -0.25) is 9.59 Å². The van der Waals surface area contributed by atoms with Gasteiger partial charge in [0.15, 0.2) is 0 Å². The van der Waals surface area contributed by atoms with Crippen molar-refractivity contribution >= 4 is 23.9 Å². The fraction of sp³-hybridized carbons (Fsp3) is 0.677. The Kier molecular flexibility index (Phi) is 14.2. The lowest BCUT2D eigenvalue weighted by molar-refractivity contribution is -0.157. The molecule has 0 saturated heterocycles. The summed E-state index contributed by atoms with van der Waals surface area (Å²) < 4.78 is 10.9. The van der Waals surface area contributed by atoms with Gasteiger partial charge in [0.05, 0.1) is 0 Å². The molecule has 0 spiro atoms. The van der Waals surface area contributed by atoms with E-state index in [9.17, 15) is 19.2 Å². The molecule has 0 saturated carbocycles. The molecule has 3 atom stereocenters. The minimum Gasteiger partial charge on any atom is -0.459 e. The molecule has 0 fully saturated rings. The first kappa shape index (κ1) is 34.9. The molecule has 226 valence electrons. The number of amides is 3. The van der Waals surface area contributed by atoms with Crippen LogP contribution >= 0.6 is 0 Å². The van der Waals surface area contributed by atoms with E-state index in [2.05, 4.69) is 10.6 Å². The average Bonchev–Trinajstić information content (AvgIpc) is 2.82. The van der Waals surface area contributed by atoms with Gasteiger partial charge in [-0.25, -0.2) is 9.59 Å². The number of ether oxygens (including phenoxy) is 2. The molecule has 0 heterocycles. The highest BCUT2D eigenvalue weighted by atomic mass is 16.6. The van der Waals surface area contributed by atoms with Crippen molar-refractivity contribution < 1.29 is 28.7 Å². The minimum atomic E-state index is -0.885. The van der Waals surface area contributed by atoms with Crippen molar-refractivity contribution in [3.8, 4) is 0 Å². The zero-order valence-corrected chi connectivity index (χ0v) is 26.1. The summed E-state index contributed by atoms with van der Waals surface area (Å²) in [6.45, 7) is 17.1. The highest BCUT2D eigenvalue weighted by Crippen LogP contribution is 2.18. The molecule has 0 radical (unpaired) electrons. The molecular weight excluding hydrogens is 510 g/mol. The molecule has 0 unspecified atom stereocenters. The number of benzene rings is 1. The molecule has 9 heteroatoms. The van der Waals surface area contributed by atoms with Crippen molar-refractivity contribution in [1.82, 2.24) is 15.5 Å². The first-order valence-corrected chi connectivity index (χ1v) is 14.3. The van der Waals surface area contributed by atoms with Crippen LogP contribution in [0.2, 0.25) is 0 Å². The van der Waals surface area contributed by atoms with Crippen LogP contribution in [0.5, 0.6) is 0 Å². The Morgan fingerprint density at radius 1 is 0.800 bits per heavy atom. The lowest BCUT2D eigenvalue weighted by Gasteiger charge is -2.32. The van der Waals surface area contributed by atoms with Gasteiger partial charge in [-0.2, -0.15) is 0 Å². The van der Waals surface area contributed by atoms with Gasteiger partial charge in [0.2, 0.25) is 11.8 Å². The van der Waals surface area contributed by atoms with E-state index in [1.807, 2.05) is 71.9 Å². The maximum absolute atomic E-state index is 13.8. The number of hydrogen-bond acceptors (Lipinski definition) is 6. The smallest absolute Gasteiger partial charge is 0.408 e. The lowest BCUT2D eigenvalue weighted by atomic mass is 9.98. The van der Waals surface area contributed by atoms with E-state index in [0.29, 0.717) is 19.3 Å². The SMILES string of the molecule is CC(C)C[C@H](NC(=O)OC(C)(C)C)C(=O)N[C@@H](CC(C)C)C(=O)N(C)[C@@H](CC(C)C)C(=O)OCc1ccccc1. The predicted octanol–water partition coefficient (Wildman–Crippen LogP) is 5.07. The van der Waals surface area contributed by atoms with E-state index in [4.69, 9.17) is 9.47 Å². The Hall–Kier alpha value is -3.10. The lowest BCUT2D eigenvalue weighted by Crippen LogP contribution is -2.57. The molecule has 1 aromatic rings. The number of esters is 1. The molecule has 0 aromatic heterocycles. The number of rotatable bonds is 14. The van der Waals surface area contributed by atoms with Gasteiger partial charge in [0.1, 0.15) is 30.3 Å². The number of carbonyl (C=O) groups is 4. The number of alkyl carbamates (subject to hydrolysis) is 1. The van der Waals surface area contributed by atoms with E-state index in [0.717, 1.165) is 5.56 Å². The maximum atomic E-state index is 13.8. The average molecular weight is 562 g/mol. The second-order valence-electron chi connectivity index (χ2n) is 12.7. The molecular formula is C31H51N3O6. The normalized spacial score (nSPS) is 13.9. The summed E-state index contributed by atoms with van der Waals surface area (Å²) in [5.74, 6) is -1.05. The second-order valence-corrected chi connectivity index (χ2v) is 12.7. The van der Waals surface area contributed by atoms with Crippen LogP contribution in [-0.4, -0.2) is 59.6 Å². The zero-order chi connectivity index (χ0) is 30.6. The predicted molar refractivity (Wildman–Crippen MR) is 156 cm³/mol. The van der Waals surface area contributed by atoms with Gasteiger partial charge in [-0.15, -0.1) is 0 Å².